The van der Waals surface area contributed by atoms with E-state index in [-0.39, 0.29) is 6.29 Å². The van der Waals surface area contributed by atoms with E-state index >= 15 is 0 Å². The number of rotatable bonds is 7. The molecule has 0 aliphatic carbocycles. The maximum atomic E-state index is 10.9. The average molecular weight is 309 g/mol. The Morgan fingerprint density at radius 3 is 2.23 bits per heavy atom. The van der Waals surface area contributed by atoms with Crippen molar-refractivity contribution in [2.24, 2.45) is 0 Å². The third kappa shape index (κ3) is 4.96. The summed E-state index contributed by atoms with van der Waals surface area (Å²) in [6.45, 7) is 1.14. The van der Waals surface area contributed by atoms with Gasteiger partial charge in [-0.3, -0.25) is 4.79 Å². The van der Waals surface area contributed by atoms with Gasteiger partial charge in [0.2, 0.25) is 5.91 Å². The van der Waals surface area contributed by atoms with Gasteiger partial charge in [-0.2, -0.15) is 0 Å². The Hall–Kier alpha value is -2.22. The second kappa shape index (κ2) is 8.28. The van der Waals surface area contributed by atoms with Crippen molar-refractivity contribution in [1.29, 1.82) is 0 Å². The third-order valence-corrected chi connectivity index (χ3v) is 2.98. The molecule has 0 aliphatic heterocycles. The summed E-state index contributed by atoms with van der Waals surface area (Å²) in [5.74, 6) is -1.16. The van der Waals surface area contributed by atoms with E-state index in [1.807, 2.05) is 0 Å². The number of hydrogen-bond donors (Lipinski definition) is 5. The predicted octanol–water partition coefficient (Wildman–Crippen LogP) is -0.628. The molecule has 4 atom stereocenters. The number of benzene rings is 1. The van der Waals surface area contributed by atoms with Crippen LogP contribution in [0.5, 0.6) is 0 Å². The van der Waals surface area contributed by atoms with E-state index in [0.717, 1.165) is 6.92 Å². The molecule has 0 saturated carbocycles. The summed E-state index contributed by atoms with van der Waals surface area (Å²) in [7, 11) is 0. The van der Waals surface area contributed by atoms with Crippen molar-refractivity contribution in [3.05, 3.63) is 41.7 Å². The van der Waals surface area contributed by atoms with Crippen LogP contribution in [-0.4, -0.2) is 57.0 Å². The summed E-state index contributed by atoms with van der Waals surface area (Å²) in [6.07, 6.45) is -3.99. The summed E-state index contributed by atoms with van der Waals surface area (Å²) >= 11 is 0. The molecule has 0 radical (unpaired) electrons. The van der Waals surface area contributed by atoms with Gasteiger partial charge in [-0.1, -0.05) is 30.3 Å². The highest BCUT2D eigenvalue weighted by Crippen LogP contribution is 2.13. The third-order valence-electron chi connectivity index (χ3n) is 2.98. The second-order valence-electron chi connectivity index (χ2n) is 4.77. The predicted molar refractivity (Wildman–Crippen MR) is 78.7 cm³/mol. The van der Waals surface area contributed by atoms with E-state index in [1.54, 1.807) is 30.3 Å². The molecule has 1 rings (SSSR count). The molecule has 0 unspecified atom stereocenters. The molecule has 7 nitrogen and oxygen atoms in total. The maximum Gasteiger partial charge on any atom is 0.217 e. The summed E-state index contributed by atoms with van der Waals surface area (Å²) in [5.41, 5.74) is 0.578. The Bertz CT molecular complexity index is 530. The summed E-state index contributed by atoms with van der Waals surface area (Å²) < 4.78 is 0. The highest BCUT2D eigenvalue weighted by Gasteiger charge is 2.33. The van der Waals surface area contributed by atoms with Gasteiger partial charge in [-0.05, 0) is 11.6 Å². The summed E-state index contributed by atoms with van der Waals surface area (Å²) in [5, 5.41) is 41.4. The van der Waals surface area contributed by atoms with Gasteiger partial charge < -0.3 is 30.5 Å². The van der Waals surface area contributed by atoms with Gasteiger partial charge in [-0.15, -0.1) is 0 Å². The van der Waals surface area contributed by atoms with Crippen molar-refractivity contribution in [1.82, 2.24) is 5.32 Å². The molecule has 0 spiro atoms. The summed E-state index contributed by atoms with van der Waals surface area (Å²) in [4.78, 5) is 21.7. The fourth-order valence-corrected chi connectivity index (χ4v) is 1.81. The smallest absolute Gasteiger partial charge is 0.217 e. The Kier molecular flexibility index (Phi) is 6.71. The van der Waals surface area contributed by atoms with E-state index < -0.39 is 36.0 Å². The molecule has 7 heteroatoms. The van der Waals surface area contributed by atoms with E-state index in [1.165, 1.54) is 6.08 Å². The Labute approximate surface area is 127 Å². The molecule has 1 aromatic carbocycles. The summed E-state index contributed by atoms with van der Waals surface area (Å²) in [6, 6.07) is 7.14. The SMILES string of the molecule is CC(=O)N[C@@H](C=O)[C@@H](O)[C@H](O)[C@H](O)C(O)=Cc1ccccc1. The molecule has 0 fully saturated rings. The molecule has 1 aromatic rings. The number of nitrogens with one attached hydrogen (secondary N) is 1. The first-order valence-electron chi connectivity index (χ1n) is 6.59. The van der Waals surface area contributed by atoms with Crippen LogP contribution >= 0.6 is 0 Å². The normalized spacial score (nSPS) is 17.2. The Morgan fingerprint density at radius 2 is 1.73 bits per heavy atom. The number of carbonyl (C=O) groups is 2. The van der Waals surface area contributed by atoms with Crippen LogP contribution in [0, 0.1) is 0 Å². The molecule has 0 bridgehead atoms. The van der Waals surface area contributed by atoms with E-state index in [4.69, 9.17) is 0 Å². The average Bonchev–Trinajstić information content (AvgIpc) is 2.51. The van der Waals surface area contributed by atoms with Gasteiger partial charge in [0.1, 0.15) is 36.4 Å². The van der Waals surface area contributed by atoms with E-state index in [2.05, 4.69) is 5.32 Å². The highest BCUT2D eigenvalue weighted by atomic mass is 16.4. The molecule has 0 aliphatic rings. The van der Waals surface area contributed by atoms with Crippen LogP contribution in [-0.2, 0) is 9.59 Å². The highest BCUT2D eigenvalue weighted by molar-refractivity contribution is 5.77. The number of aliphatic hydroxyl groups excluding tert-OH is 4. The minimum atomic E-state index is -1.86. The first-order valence-corrected chi connectivity index (χ1v) is 6.59. The lowest BCUT2D eigenvalue weighted by Gasteiger charge is -2.26. The van der Waals surface area contributed by atoms with Gasteiger partial charge in [0.25, 0.3) is 0 Å². The van der Waals surface area contributed by atoms with Crippen LogP contribution in [0.1, 0.15) is 12.5 Å². The lowest BCUT2D eigenvalue weighted by Crippen LogP contribution is -2.52. The minimum Gasteiger partial charge on any atom is -0.509 e. The van der Waals surface area contributed by atoms with Crippen molar-refractivity contribution in [3.8, 4) is 0 Å². The van der Waals surface area contributed by atoms with Crippen molar-refractivity contribution < 1.29 is 30.0 Å². The molecular formula is C15H19NO6. The molecule has 5 N–H and O–H groups in total. The van der Waals surface area contributed by atoms with Crippen LogP contribution in [0.25, 0.3) is 6.08 Å². The fourth-order valence-electron chi connectivity index (χ4n) is 1.81. The van der Waals surface area contributed by atoms with Gasteiger partial charge in [0.05, 0.1) is 0 Å². The number of aliphatic hydroxyl groups is 4. The Morgan fingerprint density at radius 1 is 1.14 bits per heavy atom. The van der Waals surface area contributed by atoms with Crippen molar-refractivity contribution in [3.63, 3.8) is 0 Å². The molecule has 22 heavy (non-hydrogen) atoms. The first kappa shape index (κ1) is 17.8. The van der Waals surface area contributed by atoms with Gasteiger partial charge in [0, 0.05) is 6.92 Å². The standard InChI is InChI=1S/C15H19NO6/c1-9(18)16-11(8-17)13(20)15(22)14(21)12(19)7-10-5-3-2-4-6-10/h2-8,11,13-15,19-22H,1H3,(H,16,18)/t11-,13+,14+,15-/m0/s1. The molecule has 0 aromatic heterocycles. The Balaban J connectivity index is 2.82. The zero-order valence-electron chi connectivity index (χ0n) is 12.0. The van der Waals surface area contributed by atoms with Crippen molar-refractivity contribution in [2.45, 2.75) is 31.3 Å². The number of carbonyl (C=O) groups excluding carboxylic acids is 2. The second-order valence-corrected chi connectivity index (χ2v) is 4.77. The van der Waals surface area contributed by atoms with Crippen LogP contribution in [0.2, 0.25) is 0 Å². The van der Waals surface area contributed by atoms with Crippen LogP contribution in [0.15, 0.2) is 36.1 Å². The first-order chi connectivity index (χ1) is 10.4. The maximum absolute atomic E-state index is 10.9. The van der Waals surface area contributed by atoms with Crippen molar-refractivity contribution in [2.75, 3.05) is 0 Å². The van der Waals surface area contributed by atoms with Crippen molar-refractivity contribution >= 4 is 18.3 Å². The zero-order chi connectivity index (χ0) is 16.7. The quantitative estimate of drug-likeness (QED) is 0.337. The van der Waals surface area contributed by atoms with Gasteiger partial charge >= 0.3 is 0 Å². The molecule has 0 heterocycles. The molecular weight excluding hydrogens is 290 g/mol. The minimum absolute atomic E-state index is 0.236. The molecule has 0 saturated heterocycles. The van der Waals surface area contributed by atoms with Crippen LogP contribution in [0.4, 0.5) is 0 Å². The van der Waals surface area contributed by atoms with Gasteiger partial charge in [0.15, 0.2) is 0 Å². The number of hydrogen-bond acceptors (Lipinski definition) is 6. The molecule has 1 amide bonds. The van der Waals surface area contributed by atoms with E-state index in [9.17, 15) is 30.0 Å². The topological polar surface area (TPSA) is 127 Å². The van der Waals surface area contributed by atoms with Crippen LogP contribution in [0.3, 0.4) is 0 Å². The lowest BCUT2D eigenvalue weighted by molar-refractivity contribution is -0.128. The molecule has 120 valence electrons. The van der Waals surface area contributed by atoms with Crippen LogP contribution < -0.4 is 5.32 Å². The largest absolute Gasteiger partial charge is 0.509 e. The lowest BCUT2D eigenvalue weighted by atomic mass is 9.99. The number of amides is 1. The number of aldehydes is 1. The zero-order valence-corrected chi connectivity index (χ0v) is 12.0. The van der Waals surface area contributed by atoms with E-state index in [0.29, 0.717) is 5.56 Å². The monoisotopic (exact) mass is 309 g/mol. The van der Waals surface area contributed by atoms with Gasteiger partial charge in [-0.25, -0.2) is 0 Å². The fraction of sp³-hybridized carbons (Fsp3) is 0.333.